The Balaban J connectivity index is 2.24. The Bertz CT molecular complexity index is 423. The van der Waals surface area contributed by atoms with E-state index in [4.69, 9.17) is 11.6 Å². The van der Waals surface area contributed by atoms with Crippen LogP contribution in [0.25, 0.3) is 0 Å². The molecule has 1 aliphatic heterocycles. The molecule has 1 aromatic carbocycles. The molecule has 0 saturated carbocycles. The number of anilines is 1. The lowest BCUT2D eigenvalue weighted by atomic mass is 9.98. The number of halogens is 4. The Labute approximate surface area is 110 Å². The van der Waals surface area contributed by atoms with Crippen LogP contribution in [0.4, 0.5) is 18.9 Å². The molecule has 100 valence electrons. The maximum atomic E-state index is 12.8. The number of piperidine rings is 1. The molecular weight excluding hydrogens is 263 g/mol. The number of alkyl halides is 3. The van der Waals surface area contributed by atoms with Crippen molar-refractivity contribution >= 4 is 17.3 Å². The predicted octanol–water partition coefficient (Wildman–Crippen LogP) is 4.60. The van der Waals surface area contributed by atoms with Crippen molar-refractivity contribution in [3.8, 4) is 0 Å². The molecule has 0 bridgehead atoms. The Morgan fingerprint density at radius 1 is 1.22 bits per heavy atom. The molecule has 2 rings (SSSR count). The van der Waals surface area contributed by atoms with Crippen LogP contribution < -0.4 is 4.90 Å². The lowest BCUT2D eigenvalue weighted by Crippen LogP contribution is -2.32. The molecule has 1 aliphatic rings. The molecule has 0 aliphatic carbocycles. The number of benzene rings is 1. The first-order valence-corrected chi connectivity index (χ1v) is 6.37. The Morgan fingerprint density at radius 2 is 1.83 bits per heavy atom. The minimum absolute atomic E-state index is 0.239. The van der Waals surface area contributed by atoms with Gasteiger partial charge in [-0.15, -0.1) is 0 Å². The van der Waals surface area contributed by atoms with Crippen LogP contribution in [0.3, 0.4) is 0 Å². The first kappa shape index (κ1) is 13.5. The SMILES string of the molecule is CC1CCN(c2ccc(Cl)c(C(F)(F)F)c2)CC1. The molecule has 1 nitrogen and oxygen atoms in total. The third-order valence-corrected chi connectivity index (χ3v) is 3.73. The molecule has 1 saturated heterocycles. The summed E-state index contributed by atoms with van der Waals surface area (Å²) in [6.07, 6.45) is -2.36. The highest BCUT2D eigenvalue weighted by atomic mass is 35.5. The average Bonchev–Trinajstić information content (AvgIpc) is 2.29. The molecule has 1 fully saturated rings. The van der Waals surface area contributed by atoms with Gasteiger partial charge in [0.25, 0.3) is 0 Å². The summed E-state index contributed by atoms with van der Waals surface area (Å²) in [6.45, 7) is 3.78. The first-order valence-electron chi connectivity index (χ1n) is 5.99. The van der Waals surface area contributed by atoms with Crippen LogP contribution in [0.15, 0.2) is 18.2 Å². The minimum atomic E-state index is -4.39. The Hall–Kier alpha value is -0.900. The molecule has 0 amide bonds. The van der Waals surface area contributed by atoms with Crippen LogP contribution >= 0.6 is 11.6 Å². The molecule has 1 heterocycles. The summed E-state index contributed by atoms with van der Waals surface area (Å²) in [5.41, 5.74) is -0.140. The second-order valence-electron chi connectivity index (χ2n) is 4.83. The van der Waals surface area contributed by atoms with E-state index in [0.29, 0.717) is 11.6 Å². The van der Waals surface area contributed by atoms with E-state index in [1.807, 2.05) is 4.90 Å². The van der Waals surface area contributed by atoms with Crippen molar-refractivity contribution in [2.24, 2.45) is 5.92 Å². The zero-order valence-electron chi connectivity index (χ0n) is 10.1. The largest absolute Gasteiger partial charge is 0.417 e. The van der Waals surface area contributed by atoms with Crippen LogP contribution in [-0.4, -0.2) is 13.1 Å². The highest BCUT2D eigenvalue weighted by Gasteiger charge is 2.33. The molecule has 0 radical (unpaired) electrons. The smallest absolute Gasteiger partial charge is 0.372 e. The van der Waals surface area contributed by atoms with E-state index in [9.17, 15) is 13.2 Å². The van der Waals surface area contributed by atoms with Crippen molar-refractivity contribution in [3.05, 3.63) is 28.8 Å². The molecule has 0 unspecified atom stereocenters. The molecule has 0 atom stereocenters. The van der Waals surface area contributed by atoms with Crippen molar-refractivity contribution in [2.75, 3.05) is 18.0 Å². The van der Waals surface area contributed by atoms with Gasteiger partial charge in [0.1, 0.15) is 0 Å². The zero-order chi connectivity index (χ0) is 13.3. The topological polar surface area (TPSA) is 3.24 Å². The third kappa shape index (κ3) is 2.91. The second kappa shape index (κ2) is 5.00. The van der Waals surface area contributed by atoms with E-state index >= 15 is 0 Å². The van der Waals surface area contributed by atoms with Crippen LogP contribution in [0, 0.1) is 5.92 Å². The lowest BCUT2D eigenvalue weighted by molar-refractivity contribution is -0.137. The minimum Gasteiger partial charge on any atom is -0.372 e. The van der Waals surface area contributed by atoms with Gasteiger partial charge in [-0.1, -0.05) is 18.5 Å². The van der Waals surface area contributed by atoms with E-state index in [1.54, 1.807) is 6.07 Å². The highest BCUT2D eigenvalue weighted by molar-refractivity contribution is 6.31. The molecular formula is C13H15ClF3N. The van der Waals surface area contributed by atoms with E-state index < -0.39 is 11.7 Å². The summed E-state index contributed by atoms with van der Waals surface area (Å²) in [5, 5.41) is -0.239. The zero-order valence-corrected chi connectivity index (χ0v) is 10.9. The molecule has 5 heteroatoms. The molecule has 1 aromatic rings. The maximum absolute atomic E-state index is 12.8. The van der Waals surface area contributed by atoms with Gasteiger partial charge in [-0.25, -0.2) is 0 Å². The summed E-state index contributed by atoms with van der Waals surface area (Å²) < 4.78 is 38.3. The monoisotopic (exact) mass is 277 g/mol. The van der Waals surface area contributed by atoms with Crippen LogP contribution in [0.5, 0.6) is 0 Å². The maximum Gasteiger partial charge on any atom is 0.417 e. The van der Waals surface area contributed by atoms with Crippen molar-refractivity contribution in [2.45, 2.75) is 25.9 Å². The van der Waals surface area contributed by atoms with Gasteiger partial charge in [-0.3, -0.25) is 0 Å². The summed E-state index contributed by atoms with van der Waals surface area (Å²) in [6, 6.07) is 4.14. The lowest BCUT2D eigenvalue weighted by Gasteiger charge is -2.32. The van der Waals surface area contributed by atoms with E-state index in [-0.39, 0.29) is 5.02 Å². The fourth-order valence-corrected chi connectivity index (χ4v) is 2.42. The molecule has 18 heavy (non-hydrogen) atoms. The summed E-state index contributed by atoms with van der Waals surface area (Å²) in [5.74, 6) is 0.649. The van der Waals surface area contributed by atoms with Crippen LogP contribution in [0.2, 0.25) is 5.02 Å². The molecule has 0 spiro atoms. The van der Waals surface area contributed by atoms with Crippen LogP contribution in [-0.2, 0) is 6.18 Å². The standard InChI is InChI=1S/C13H15ClF3N/c1-9-4-6-18(7-5-9)10-2-3-12(14)11(8-10)13(15,16)17/h2-3,8-9H,4-7H2,1H3. The third-order valence-electron chi connectivity index (χ3n) is 3.40. The van der Waals surface area contributed by atoms with Gasteiger partial charge in [0.05, 0.1) is 10.6 Å². The second-order valence-corrected chi connectivity index (χ2v) is 5.24. The molecule has 0 N–H and O–H groups in total. The van der Waals surface area contributed by atoms with E-state index in [1.165, 1.54) is 6.07 Å². The number of rotatable bonds is 1. The van der Waals surface area contributed by atoms with Crippen molar-refractivity contribution in [3.63, 3.8) is 0 Å². The Kier molecular flexibility index (Phi) is 3.76. The fraction of sp³-hybridized carbons (Fsp3) is 0.538. The average molecular weight is 278 g/mol. The van der Waals surface area contributed by atoms with Gasteiger partial charge in [-0.2, -0.15) is 13.2 Å². The number of hydrogen-bond acceptors (Lipinski definition) is 1. The first-order chi connectivity index (χ1) is 8.38. The number of nitrogens with zero attached hydrogens (tertiary/aromatic N) is 1. The van der Waals surface area contributed by atoms with Gasteiger partial charge in [0.2, 0.25) is 0 Å². The quantitative estimate of drug-likeness (QED) is 0.725. The van der Waals surface area contributed by atoms with Gasteiger partial charge in [0.15, 0.2) is 0 Å². The van der Waals surface area contributed by atoms with Gasteiger partial charge >= 0.3 is 6.18 Å². The predicted molar refractivity (Wildman–Crippen MR) is 67.1 cm³/mol. The highest BCUT2D eigenvalue weighted by Crippen LogP contribution is 2.37. The summed E-state index contributed by atoms with van der Waals surface area (Å²) in [4.78, 5) is 1.99. The van der Waals surface area contributed by atoms with E-state index in [0.717, 1.165) is 32.0 Å². The fourth-order valence-electron chi connectivity index (χ4n) is 2.19. The van der Waals surface area contributed by atoms with Gasteiger partial charge in [0, 0.05) is 18.8 Å². The normalized spacial score (nSPS) is 18.2. The van der Waals surface area contributed by atoms with Crippen molar-refractivity contribution in [1.82, 2.24) is 0 Å². The molecule has 0 aromatic heterocycles. The van der Waals surface area contributed by atoms with Crippen molar-refractivity contribution in [1.29, 1.82) is 0 Å². The summed E-state index contributed by atoms with van der Waals surface area (Å²) >= 11 is 5.60. The van der Waals surface area contributed by atoms with E-state index in [2.05, 4.69) is 6.92 Å². The van der Waals surface area contributed by atoms with Gasteiger partial charge in [-0.05, 0) is 37.0 Å². The van der Waals surface area contributed by atoms with Crippen LogP contribution in [0.1, 0.15) is 25.3 Å². The number of hydrogen-bond donors (Lipinski definition) is 0. The Morgan fingerprint density at radius 3 is 2.39 bits per heavy atom. The summed E-state index contributed by atoms with van der Waals surface area (Å²) in [7, 11) is 0. The van der Waals surface area contributed by atoms with Crippen molar-refractivity contribution < 1.29 is 13.2 Å². The van der Waals surface area contributed by atoms with Gasteiger partial charge < -0.3 is 4.90 Å².